The van der Waals surface area contributed by atoms with Gasteiger partial charge >= 0.3 is 0 Å². The van der Waals surface area contributed by atoms with Gasteiger partial charge in [-0.15, -0.1) is 0 Å². The average Bonchev–Trinajstić information content (AvgIpc) is 3.55. The maximum Gasteiger partial charge on any atom is 0.191 e. The number of rotatable bonds is 9. The molecule has 4 rings (SSSR count). The smallest absolute Gasteiger partial charge is 0.191 e. The number of methoxy groups -OCH3 is 1. The summed E-state index contributed by atoms with van der Waals surface area (Å²) < 4.78 is 7.83. The zero-order chi connectivity index (χ0) is 22.9. The van der Waals surface area contributed by atoms with Crippen LogP contribution >= 0.6 is 0 Å². The van der Waals surface area contributed by atoms with Crippen LogP contribution in [0.1, 0.15) is 35.8 Å². The predicted molar refractivity (Wildman–Crippen MR) is 133 cm³/mol. The van der Waals surface area contributed by atoms with E-state index in [0.717, 1.165) is 43.7 Å². The summed E-state index contributed by atoms with van der Waals surface area (Å²) in [5, 5.41) is 6.96. The zero-order valence-electron chi connectivity index (χ0n) is 19.6. The van der Waals surface area contributed by atoms with Crippen LogP contribution in [0, 0.1) is 0 Å². The van der Waals surface area contributed by atoms with Gasteiger partial charge < -0.3 is 19.9 Å². The number of hydrogen-bond acceptors (Lipinski definition) is 4. The van der Waals surface area contributed by atoms with Gasteiger partial charge in [0.05, 0.1) is 19.7 Å². The minimum Gasteiger partial charge on any atom is -0.496 e. The first kappa shape index (κ1) is 22.9. The van der Waals surface area contributed by atoms with Crippen molar-refractivity contribution in [2.24, 2.45) is 4.99 Å². The number of para-hydroxylation sites is 1. The topological polar surface area (TPSA) is 66.7 Å². The summed E-state index contributed by atoms with van der Waals surface area (Å²) in [5.74, 6) is 2.67. The van der Waals surface area contributed by atoms with Crippen LogP contribution in [-0.2, 0) is 13.1 Å². The predicted octanol–water partition coefficient (Wildman–Crippen LogP) is 3.44. The summed E-state index contributed by atoms with van der Waals surface area (Å²) in [4.78, 5) is 11.5. The van der Waals surface area contributed by atoms with E-state index in [9.17, 15) is 0 Å². The highest BCUT2D eigenvalue weighted by atomic mass is 16.5. The molecule has 0 bridgehead atoms. The van der Waals surface area contributed by atoms with Crippen molar-refractivity contribution in [2.75, 3.05) is 33.8 Å². The monoisotopic (exact) mass is 446 g/mol. The van der Waals surface area contributed by atoms with Crippen molar-refractivity contribution in [3.63, 3.8) is 0 Å². The lowest BCUT2D eigenvalue weighted by molar-refractivity contribution is 0.239. The third kappa shape index (κ3) is 5.93. The largest absolute Gasteiger partial charge is 0.496 e. The van der Waals surface area contributed by atoms with E-state index in [1.54, 1.807) is 14.2 Å². The fraction of sp³-hybridized carbons (Fsp3) is 0.385. The van der Waals surface area contributed by atoms with Gasteiger partial charge in [0.1, 0.15) is 11.6 Å². The number of aliphatic imine (C=N–C) groups is 1. The molecule has 2 heterocycles. The minimum absolute atomic E-state index is 0.224. The lowest BCUT2D eigenvalue weighted by Gasteiger charge is -2.30. The maximum absolute atomic E-state index is 5.67. The van der Waals surface area contributed by atoms with E-state index in [1.165, 1.54) is 24.0 Å². The molecule has 1 saturated heterocycles. The molecule has 0 saturated carbocycles. The molecule has 1 fully saturated rings. The fourth-order valence-electron chi connectivity index (χ4n) is 4.44. The molecule has 174 valence electrons. The number of nitrogens with zero attached hydrogens (tertiary/aromatic N) is 4. The maximum atomic E-state index is 5.67. The molecule has 7 nitrogen and oxygen atoms in total. The summed E-state index contributed by atoms with van der Waals surface area (Å²) in [7, 11) is 3.55. The van der Waals surface area contributed by atoms with Crippen LogP contribution in [0.25, 0.3) is 0 Å². The summed E-state index contributed by atoms with van der Waals surface area (Å²) in [5.41, 5.74) is 2.47. The SMILES string of the molecule is CN=C(NCc1nccn1Cc1ccccc1)NCC(c1ccccc1OC)N1CCCC1. The Morgan fingerprint density at radius 1 is 1.06 bits per heavy atom. The second-order valence-corrected chi connectivity index (χ2v) is 8.26. The molecule has 0 aliphatic carbocycles. The Labute approximate surface area is 196 Å². The number of ether oxygens (including phenoxy) is 1. The van der Waals surface area contributed by atoms with Crippen molar-refractivity contribution in [1.82, 2.24) is 25.1 Å². The molecule has 1 aromatic heterocycles. The van der Waals surface area contributed by atoms with E-state index in [4.69, 9.17) is 4.74 Å². The van der Waals surface area contributed by atoms with E-state index in [-0.39, 0.29) is 6.04 Å². The first-order valence-electron chi connectivity index (χ1n) is 11.6. The normalized spacial score (nSPS) is 15.4. The van der Waals surface area contributed by atoms with Crippen molar-refractivity contribution in [1.29, 1.82) is 0 Å². The molecule has 7 heteroatoms. The molecule has 2 aromatic carbocycles. The molecular weight excluding hydrogens is 412 g/mol. The van der Waals surface area contributed by atoms with Gasteiger partial charge in [-0.05, 0) is 37.6 Å². The molecule has 1 aliphatic heterocycles. The highest BCUT2D eigenvalue weighted by Crippen LogP contribution is 2.31. The first-order chi connectivity index (χ1) is 16.3. The van der Waals surface area contributed by atoms with Crippen molar-refractivity contribution in [2.45, 2.75) is 32.0 Å². The highest BCUT2D eigenvalue weighted by molar-refractivity contribution is 5.79. The van der Waals surface area contributed by atoms with Crippen LogP contribution in [0.15, 0.2) is 72.0 Å². The van der Waals surface area contributed by atoms with E-state index in [1.807, 2.05) is 30.6 Å². The number of benzene rings is 2. The van der Waals surface area contributed by atoms with Gasteiger partial charge in [-0.3, -0.25) is 9.89 Å². The van der Waals surface area contributed by atoms with E-state index >= 15 is 0 Å². The quantitative estimate of drug-likeness (QED) is 0.389. The summed E-state index contributed by atoms with van der Waals surface area (Å²) in [6.45, 7) is 4.36. The van der Waals surface area contributed by atoms with Crippen LogP contribution in [0.2, 0.25) is 0 Å². The van der Waals surface area contributed by atoms with Gasteiger partial charge in [0, 0.05) is 38.1 Å². The Bertz CT molecular complexity index is 1030. The van der Waals surface area contributed by atoms with Crippen molar-refractivity contribution in [3.8, 4) is 5.75 Å². The molecule has 0 amide bonds. The van der Waals surface area contributed by atoms with Crippen molar-refractivity contribution < 1.29 is 4.74 Å². The van der Waals surface area contributed by atoms with Crippen LogP contribution in [0.3, 0.4) is 0 Å². The third-order valence-electron chi connectivity index (χ3n) is 6.18. The van der Waals surface area contributed by atoms with Gasteiger partial charge in [-0.25, -0.2) is 4.98 Å². The van der Waals surface area contributed by atoms with E-state index < -0.39 is 0 Å². The molecule has 1 atom stereocenters. The van der Waals surface area contributed by atoms with Gasteiger partial charge in [0.2, 0.25) is 0 Å². The van der Waals surface area contributed by atoms with Gasteiger partial charge in [0.25, 0.3) is 0 Å². The van der Waals surface area contributed by atoms with Crippen LogP contribution < -0.4 is 15.4 Å². The third-order valence-corrected chi connectivity index (χ3v) is 6.18. The van der Waals surface area contributed by atoms with Gasteiger partial charge in [0.15, 0.2) is 5.96 Å². The zero-order valence-corrected chi connectivity index (χ0v) is 19.6. The molecule has 3 aromatic rings. The Morgan fingerprint density at radius 2 is 1.82 bits per heavy atom. The molecule has 0 radical (unpaired) electrons. The Balaban J connectivity index is 1.39. The lowest BCUT2D eigenvalue weighted by Crippen LogP contribution is -2.42. The number of nitrogens with one attached hydrogen (secondary N) is 2. The van der Waals surface area contributed by atoms with Crippen LogP contribution in [-0.4, -0.2) is 54.2 Å². The number of likely N-dealkylation sites (tertiary alicyclic amines) is 1. The number of hydrogen-bond donors (Lipinski definition) is 2. The van der Waals surface area contributed by atoms with Crippen LogP contribution in [0.5, 0.6) is 5.75 Å². The second kappa shape index (κ2) is 11.5. The van der Waals surface area contributed by atoms with Gasteiger partial charge in [-0.2, -0.15) is 0 Å². The molecule has 2 N–H and O–H groups in total. The molecule has 0 spiro atoms. The first-order valence-corrected chi connectivity index (χ1v) is 11.6. The Kier molecular flexibility index (Phi) is 7.98. The Hall–Kier alpha value is -3.32. The van der Waals surface area contributed by atoms with E-state index in [2.05, 4.69) is 66.5 Å². The minimum atomic E-state index is 0.224. The van der Waals surface area contributed by atoms with Crippen molar-refractivity contribution in [3.05, 3.63) is 83.9 Å². The second-order valence-electron chi connectivity index (χ2n) is 8.26. The fourth-order valence-corrected chi connectivity index (χ4v) is 4.44. The Morgan fingerprint density at radius 3 is 2.58 bits per heavy atom. The molecule has 1 aliphatic rings. The van der Waals surface area contributed by atoms with Gasteiger partial charge in [-0.1, -0.05) is 48.5 Å². The number of imidazole rings is 1. The lowest BCUT2D eigenvalue weighted by atomic mass is 10.0. The van der Waals surface area contributed by atoms with E-state index in [0.29, 0.717) is 6.54 Å². The summed E-state index contributed by atoms with van der Waals surface area (Å²) in [6, 6.07) is 19.0. The summed E-state index contributed by atoms with van der Waals surface area (Å²) in [6.07, 6.45) is 6.35. The number of aromatic nitrogens is 2. The standard InChI is InChI=1S/C26H34N6O/c1-27-26(30-19-25-28-14-17-32(25)20-21-10-4-3-5-11-21)29-18-23(31-15-8-9-16-31)22-12-6-7-13-24(22)33-2/h3-7,10-14,17,23H,8-9,15-16,18-20H2,1-2H3,(H2,27,29,30). The summed E-state index contributed by atoms with van der Waals surface area (Å²) >= 11 is 0. The molecule has 33 heavy (non-hydrogen) atoms. The molecular formula is C26H34N6O. The molecule has 1 unspecified atom stereocenters. The average molecular weight is 447 g/mol. The number of guanidine groups is 1. The van der Waals surface area contributed by atoms with Crippen molar-refractivity contribution >= 4 is 5.96 Å². The van der Waals surface area contributed by atoms with Crippen LogP contribution in [0.4, 0.5) is 0 Å². The highest BCUT2D eigenvalue weighted by Gasteiger charge is 2.26.